The van der Waals surface area contributed by atoms with Crippen molar-refractivity contribution in [1.29, 1.82) is 0 Å². The van der Waals surface area contributed by atoms with E-state index < -0.39 is 18.5 Å². The SMILES string of the molecule is C=C(C)C(=O)OCC(CCO[C@H]1CC[C@@]2(C)[C@@H](CC[C@@H]3[C@@H]2CC[C@]2(C)[C@@H]([C@H](C)CCCC(C)C)CC[C@@H]32)C1)COC(=O)C(=C)CO. The monoisotopic (exact) mass is 642 g/mol. The molecule has 0 spiro atoms. The number of hydrogen-bond acceptors (Lipinski definition) is 6. The fraction of sp³-hybridized carbons (Fsp3) is 0.850. The summed E-state index contributed by atoms with van der Waals surface area (Å²) in [5.41, 5.74) is 1.31. The van der Waals surface area contributed by atoms with Crippen molar-refractivity contribution < 1.29 is 28.9 Å². The normalized spacial score (nSPS) is 35.0. The second-order valence-electron chi connectivity index (χ2n) is 16.8. The van der Waals surface area contributed by atoms with Crippen molar-refractivity contribution in [2.75, 3.05) is 26.4 Å². The van der Waals surface area contributed by atoms with Gasteiger partial charge in [0.05, 0.1) is 31.5 Å². The standard InChI is InChI=1S/C40H66O6/c1-26(2)10-9-11-28(5)34-14-15-35-33-13-12-31-22-32(16-19-39(31,7)36(33)17-20-40(34,35)8)44-21-18-30(24-45-37(42)27(3)4)25-46-38(43)29(6)23-41/h26,28,30-36,41H,3,6,9-25H2,1-2,4-5,7-8H3/t28-,30?,31+,32+,33+,34-,35+,36+,39+,40-/m1/s1. The molecule has 0 bridgehead atoms. The maximum absolute atomic E-state index is 12.1. The lowest BCUT2D eigenvalue weighted by atomic mass is 9.44. The van der Waals surface area contributed by atoms with E-state index in [0.717, 1.165) is 54.3 Å². The zero-order valence-corrected chi connectivity index (χ0v) is 30.1. The van der Waals surface area contributed by atoms with Gasteiger partial charge in [-0.05, 0) is 123 Å². The van der Waals surface area contributed by atoms with Gasteiger partial charge in [0, 0.05) is 18.1 Å². The second kappa shape index (κ2) is 16.2. The van der Waals surface area contributed by atoms with Crippen LogP contribution in [0.2, 0.25) is 0 Å². The Morgan fingerprint density at radius 3 is 2.20 bits per heavy atom. The minimum absolute atomic E-state index is 0.0101. The highest BCUT2D eigenvalue weighted by Gasteiger charge is 2.60. The summed E-state index contributed by atoms with van der Waals surface area (Å²) in [4.78, 5) is 24.1. The first-order valence-corrected chi connectivity index (χ1v) is 18.7. The third-order valence-corrected chi connectivity index (χ3v) is 13.4. The van der Waals surface area contributed by atoms with E-state index in [2.05, 4.69) is 47.8 Å². The Labute approximate surface area is 280 Å². The average Bonchev–Trinajstić information content (AvgIpc) is 3.38. The second-order valence-corrected chi connectivity index (χ2v) is 16.8. The predicted molar refractivity (Wildman–Crippen MR) is 184 cm³/mol. The first-order chi connectivity index (χ1) is 21.8. The molecule has 0 saturated heterocycles. The van der Waals surface area contributed by atoms with Crippen LogP contribution in [0, 0.1) is 58.2 Å². The molecule has 0 radical (unpaired) electrons. The molecule has 0 aromatic rings. The molecule has 0 aromatic carbocycles. The van der Waals surface area contributed by atoms with Gasteiger partial charge in [0.1, 0.15) is 0 Å². The van der Waals surface area contributed by atoms with Crippen molar-refractivity contribution in [3.63, 3.8) is 0 Å². The molecule has 4 saturated carbocycles. The Hall–Kier alpha value is -1.66. The number of hydrogen-bond donors (Lipinski definition) is 1. The maximum atomic E-state index is 12.1. The Balaban J connectivity index is 1.29. The van der Waals surface area contributed by atoms with Crippen molar-refractivity contribution in [1.82, 2.24) is 0 Å². The Morgan fingerprint density at radius 2 is 1.52 bits per heavy atom. The van der Waals surface area contributed by atoms with E-state index in [1.54, 1.807) is 6.92 Å². The van der Waals surface area contributed by atoms with Crippen molar-refractivity contribution in [3.8, 4) is 0 Å². The van der Waals surface area contributed by atoms with Gasteiger partial charge in [0.25, 0.3) is 0 Å². The smallest absolute Gasteiger partial charge is 0.335 e. The molecule has 4 rings (SSSR count). The Bertz CT molecular complexity index is 1070. The summed E-state index contributed by atoms with van der Waals surface area (Å²) in [5, 5.41) is 9.18. The molecule has 1 unspecified atom stereocenters. The quantitative estimate of drug-likeness (QED) is 0.134. The fourth-order valence-corrected chi connectivity index (χ4v) is 10.7. The lowest BCUT2D eigenvalue weighted by Gasteiger charge is -2.61. The van der Waals surface area contributed by atoms with Gasteiger partial charge in [-0.2, -0.15) is 0 Å². The van der Waals surface area contributed by atoms with Gasteiger partial charge >= 0.3 is 11.9 Å². The van der Waals surface area contributed by atoms with Crippen LogP contribution in [0.5, 0.6) is 0 Å². The summed E-state index contributed by atoms with van der Waals surface area (Å²) in [6.07, 6.45) is 17.0. The van der Waals surface area contributed by atoms with Crippen molar-refractivity contribution in [2.24, 2.45) is 58.2 Å². The lowest BCUT2D eigenvalue weighted by molar-refractivity contribution is -0.146. The molecule has 0 heterocycles. The molecule has 4 aliphatic carbocycles. The molecule has 4 aliphatic rings. The van der Waals surface area contributed by atoms with Gasteiger partial charge in [-0.1, -0.05) is 67.0 Å². The van der Waals surface area contributed by atoms with E-state index in [1.165, 1.54) is 64.2 Å². The van der Waals surface area contributed by atoms with E-state index in [-0.39, 0.29) is 30.8 Å². The van der Waals surface area contributed by atoms with Crippen LogP contribution in [0.3, 0.4) is 0 Å². The Morgan fingerprint density at radius 1 is 0.848 bits per heavy atom. The first kappa shape index (κ1) is 37.2. The predicted octanol–water partition coefficient (Wildman–Crippen LogP) is 8.71. The number of aliphatic hydroxyl groups is 1. The highest BCUT2D eigenvalue weighted by atomic mass is 16.5. The summed E-state index contributed by atoms with van der Waals surface area (Å²) in [6, 6.07) is 0. The topological polar surface area (TPSA) is 82.1 Å². The van der Waals surface area contributed by atoms with E-state index in [9.17, 15) is 14.7 Å². The molecule has 6 heteroatoms. The zero-order valence-electron chi connectivity index (χ0n) is 30.1. The van der Waals surface area contributed by atoms with Gasteiger partial charge < -0.3 is 19.3 Å². The number of fused-ring (bicyclic) bond motifs is 5. The number of ether oxygens (including phenoxy) is 3. The molecule has 1 N–H and O–H groups in total. The van der Waals surface area contributed by atoms with Gasteiger partial charge in [-0.15, -0.1) is 0 Å². The maximum Gasteiger partial charge on any atom is 0.335 e. The van der Waals surface area contributed by atoms with Crippen LogP contribution in [-0.2, 0) is 23.8 Å². The van der Waals surface area contributed by atoms with E-state index in [1.807, 2.05) is 0 Å². The molecule has 0 aliphatic heterocycles. The van der Waals surface area contributed by atoms with Gasteiger partial charge in [-0.25, -0.2) is 9.59 Å². The number of esters is 2. The van der Waals surface area contributed by atoms with Crippen LogP contribution >= 0.6 is 0 Å². The molecule has 46 heavy (non-hydrogen) atoms. The van der Waals surface area contributed by atoms with Crippen molar-refractivity contribution >= 4 is 11.9 Å². The fourth-order valence-electron chi connectivity index (χ4n) is 10.7. The molecule has 4 fully saturated rings. The highest BCUT2D eigenvalue weighted by Crippen LogP contribution is 2.68. The molecular weight excluding hydrogens is 576 g/mol. The molecule has 262 valence electrons. The largest absolute Gasteiger partial charge is 0.462 e. The van der Waals surface area contributed by atoms with Gasteiger partial charge in [-0.3, -0.25) is 0 Å². The lowest BCUT2D eigenvalue weighted by Crippen LogP contribution is -2.54. The van der Waals surface area contributed by atoms with Crippen LogP contribution in [0.1, 0.15) is 125 Å². The minimum Gasteiger partial charge on any atom is -0.462 e. The third kappa shape index (κ3) is 8.49. The molecule has 10 atom stereocenters. The van der Waals surface area contributed by atoms with E-state index in [0.29, 0.717) is 29.4 Å². The summed E-state index contributed by atoms with van der Waals surface area (Å²) in [6.45, 7) is 21.7. The highest BCUT2D eigenvalue weighted by molar-refractivity contribution is 5.88. The van der Waals surface area contributed by atoms with Crippen LogP contribution < -0.4 is 0 Å². The molecule has 0 amide bonds. The number of rotatable bonds is 16. The Kier molecular flexibility index (Phi) is 13.1. The van der Waals surface area contributed by atoms with E-state index >= 15 is 0 Å². The van der Waals surface area contributed by atoms with Crippen LogP contribution in [-0.4, -0.2) is 49.6 Å². The van der Waals surface area contributed by atoms with Crippen LogP contribution in [0.4, 0.5) is 0 Å². The third-order valence-electron chi connectivity index (χ3n) is 13.4. The van der Waals surface area contributed by atoms with Crippen molar-refractivity contribution in [3.05, 3.63) is 24.3 Å². The van der Waals surface area contributed by atoms with E-state index in [4.69, 9.17) is 14.2 Å². The summed E-state index contributed by atoms with van der Waals surface area (Å²) in [5.74, 6) is 4.69. The van der Waals surface area contributed by atoms with Crippen LogP contribution in [0.25, 0.3) is 0 Å². The number of aliphatic hydroxyl groups excluding tert-OH is 1. The van der Waals surface area contributed by atoms with Crippen LogP contribution in [0.15, 0.2) is 24.3 Å². The van der Waals surface area contributed by atoms with Gasteiger partial charge in [0.2, 0.25) is 0 Å². The summed E-state index contributed by atoms with van der Waals surface area (Å²) < 4.78 is 17.2. The number of carbonyl (C=O) groups is 2. The zero-order chi connectivity index (χ0) is 33.6. The first-order valence-electron chi connectivity index (χ1n) is 18.7. The van der Waals surface area contributed by atoms with Crippen molar-refractivity contribution in [2.45, 2.75) is 131 Å². The molecular formula is C40H66O6. The summed E-state index contributed by atoms with van der Waals surface area (Å²) in [7, 11) is 0. The number of carbonyl (C=O) groups excluding carboxylic acids is 2. The van der Waals surface area contributed by atoms with Gasteiger partial charge in [0.15, 0.2) is 0 Å². The molecule has 0 aromatic heterocycles. The average molecular weight is 643 g/mol. The summed E-state index contributed by atoms with van der Waals surface area (Å²) >= 11 is 0. The molecule has 6 nitrogen and oxygen atoms in total. The minimum atomic E-state index is -0.630.